The second kappa shape index (κ2) is 9.56. The average molecular weight is 502 g/mol. The molecule has 8 heteroatoms. The van der Waals surface area contributed by atoms with Gasteiger partial charge in [0, 0.05) is 5.39 Å². The Bertz CT molecular complexity index is 1650. The van der Waals surface area contributed by atoms with Crippen molar-refractivity contribution in [2.75, 3.05) is 6.61 Å². The van der Waals surface area contributed by atoms with Gasteiger partial charge in [-0.15, -0.1) is 11.3 Å². The van der Waals surface area contributed by atoms with E-state index < -0.39 is 0 Å². The van der Waals surface area contributed by atoms with Crippen molar-refractivity contribution in [1.82, 2.24) is 9.55 Å². The summed E-state index contributed by atoms with van der Waals surface area (Å²) in [4.78, 5) is 36.8. The molecule has 0 aliphatic heterocycles. The molecule has 0 saturated heterocycles. The summed E-state index contributed by atoms with van der Waals surface area (Å²) in [5.74, 6) is -0.741. The lowest BCUT2D eigenvalue weighted by Gasteiger charge is -2.07. The SMILES string of the molecule is CCOC(=O)Cn1c(=NC(=O)c2cc(-c3cccs3)nc3ccccc23)sc2c(C)cc(C)cc21. The molecule has 0 atom stereocenters. The minimum absolute atomic E-state index is 0.0135. The standard InChI is InChI=1S/C27H23N3O3S2/c1-4-33-24(31)15-30-22-13-16(2)12-17(3)25(22)35-27(30)29-26(32)19-14-21(23-10-7-11-34-23)28-20-9-6-5-8-18(19)20/h5-14H,4,15H2,1-3H3. The lowest BCUT2D eigenvalue weighted by molar-refractivity contribution is -0.143. The Morgan fingerprint density at radius 3 is 2.69 bits per heavy atom. The van der Waals surface area contributed by atoms with E-state index in [2.05, 4.69) is 11.1 Å². The molecule has 0 aliphatic carbocycles. The first kappa shape index (κ1) is 23.1. The number of rotatable bonds is 5. The van der Waals surface area contributed by atoms with Crippen LogP contribution in [0, 0.1) is 13.8 Å². The lowest BCUT2D eigenvalue weighted by Crippen LogP contribution is -2.23. The van der Waals surface area contributed by atoms with Gasteiger partial charge in [-0.1, -0.05) is 41.7 Å². The number of amides is 1. The van der Waals surface area contributed by atoms with Gasteiger partial charge in [0.15, 0.2) is 4.80 Å². The van der Waals surface area contributed by atoms with E-state index in [0.717, 1.165) is 42.8 Å². The zero-order chi connectivity index (χ0) is 24.5. The van der Waals surface area contributed by atoms with Crippen molar-refractivity contribution in [1.29, 1.82) is 0 Å². The highest BCUT2D eigenvalue weighted by Gasteiger charge is 2.17. The number of thiophene rings is 1. The van der Waals surface area contributed by atoms with Gasteiger partial charge in [-0.3, -0.25) is 9.59 Å². The number of carbonyl (C=O) groups is 2. The van der Waals surface area contributed by atoms with Crippen LogP contribution in [0.4, 0.5) is 0 Å². The number of pyridine rings is 1. The predicted octanol–water partition coefficient (Wildman–Crippen LogP) is 5.90. The van der Waals surface area contributed by atoms with Crippen LogP contribution in [-0.4, -0.2) is 28.0 Å². The fourth-order valence-corrected chi connectivity index (χ4v) is 5.90. The topological polar surface area (TPSA) is 73.6 Å². The maximum absolute atomic E-state index is 13.6. The van der Waals surface area contributed by atoms with Crippen LogP contribution in [0.15, 0.2) is 65.0 Å². The molecule has 5 rings (SSSR count). The number of para-hydroxylation sites is 1. The van der Waals surface area contributed by atoms with Crippen molar-refractivity contribution in [3.05, 3.63) is 81.5 Å². The third kappa shape index (κ3) is 4.54. The Hall–Kier alpha value is -3.62. The molecule has 0 unspecified atom stereocenters. The Balaban J connectivity index is 1.70. The number of fused-ring (bicyclic) bond motifs is 2. The van der Waals surface area contributed by atoms with Gasteiger partial charge in [-0.05, 0) is 61.5 Å². The number of aryl methyl sites for hydroxylation is 2. The van der Waals surface area contributed by atoms with Crippen molar-refractivity contribution in [3.63, 3.8) is 0 Å². The molecule has 0 fully saturated rings. The number of thiazole rings is 1. The molecular formula is C27H23N3O3S2. The van der Waals surface area contributed by atoms with Crippen molar-refractivity contribution in [2.24, 2.45) is 4.99 Å². The predicted molar refractivity (Wildman–Crippen MR) is 141 cm³/mol. The highest BCUT2D eigenvalue weighted by molar-refractivity contribution is 7.16. The third-order valence-corrected chi connectivity index (χ3v) is 7.75. The summed E-state index contributed by atoms with van der Waals surface area (Å²) in [5.41, 5.74) is 4.96. The van der Waals surface area contributed by atoms with Crippen LogP contribution < -0.4 is 4.80 Å². The Morgan fingerprint density at radius 2 is 1.91 bits per heavy atom. The molecule has 3 heterocycles. The summed E-state index contributed by atoms with van der Waals surface area (Å²) in [5, 5.41) is 2.73. The normalized spacial score (nSPS) is 11.9. The molecule has 5 aromatic rings. The maximum atomic E-state index is 13.6. The Labute approximate surface area is 210 Å². The molecular weight excluding hydrogens is 478 g/mol. The molecule has 0 saturated carbocycles. The summed E-state index contributed by atoms with van der Waals surface area (Å²) < 4.78 is 7.96. The summed E-state index contributed by atoms with van der Waals surface area (Å²) in [6, 6.07) is 17.4. The minimum Gasteiger partial charge on any atom is -0.465 e. The van der Waals surface area contributed by atoms with E-state index in [9.17, 15) is 9.59 Å². The van der Waals surface area contributed by atoms with E-state index in [1.54, 1.807) is 28.9 Å². The molecule has 0 aliphatic rings. The fourth-order valence-electron chi connectivity index (χ4n) is 4.14. The first-order chi connectivity index (χ1) is 16.9. The van der Waals surface area contributed by atoms with Crippen LogP contribution >= 0.6 is 22.7 Å². The lowest BCUT2D eigenvalue weighted by atomic mass is 10.1. The van der Waals surface area contributed by atoms with Crippen LogP contribution in [-0.2, 0) is 16.1 Å². The van der Waals surface area contributed by atoms with Crippen LogP contribution in [0.1, 0.15) is 28.4 Å². The number of nitrogens with zero attached hydrogens (tertiary/aromatic N) is 3. The number of hydrogen-bond acceptors (Lipinski definition) is 6. The molecule has 0 bridgehead atoms. The summed E-state index contributed by atoms with van der Waals surface area (Å²) >= 11 is 2.97. The van der Waals surface area contributed by atoms with Crippen LogP contribution in [0.2, 0.25) is 0 Å². The molecule has 176 valence electrons. The van der Waals surface area contributed by atoms with Gasteiger partial charge in [0.2, 0.25) is 0 Å². The van der Waals surface area contributed by atoms with Crippen LogP contribution in [0.25, 0.3) is 31.7 Å². The summed E-state index contributed by atoms with van der Waals surface area (Å²) in [6.07, 6.45) is 0. The van der Waals surface area contributed by atoms with Gasteiger partial charge >= 0.3 is 5.97 Å². The molecule has 6 nitrogen and oxygen atoms in total. The van der Waals surface area contributed by atoms with E-state index in [-0.39, 0.29) is 18.4 Å². The van der Waals surface area contributed by atoms with Crippen molar-refractivity contribution in [2.45, 2.75) is 27.3 Å². The number of benzene rings is 2. The average Bonchev–Trinajstić information content (AvgIpc) is 3.48. The van der Waals surface area contributed by atoms with Gasteiger partial charge in [0.25, 0.3) is 5.91 Å². The smallest absolute Gasteiger partial charge is 0.326 e. The number of ether oxygens (including phenoxy) is 1. The van der Waals surface area contributed by atoms with Gasteiger partial charge in [0.05, 0.1) is 38.5 Å². The molecule has 0 spiro atoms. The number of hydrogen-bond donors (Lipinski definition) is 0. The first-order valence-corrected chi connectivity index (χ1v) is 12.9. The Kier molecular flexibility index (Phi) is 6.32. The van der Waals surface area contributed by atoms with E-state index in [4.69, 9.17) is 9.72 Å². The van der Waals surface area contributed by atoms with E-state index in [0.29, 0.717) is 17.0 Å². The fraction of sp³-hybridized carbons (Fsp3) is 0.185. The first-order valence-electron chi connectivity index (χ1n) is 11.2. The summed E-state index contributed by atoms with van der Waals surface area (Å²) in [7, 11) is 0. The van der Waals surface area contributed by atoms with Gasteiger partial charge in [-0.2, -0.15) is 4.99 Å². The monoisotopic (exact) mass is 501 g/mol. The number of aromatic nitrogens is 2. The van der Waals surface area contributed by atoms with Crippen LogP contribution in [0.3, 0.4) is 0 Å². The molecule has 2 aromatic carbocycles. The van der Waals surface area contributed by atoms with Gasteiger partial charge in [0.1, 0.15) is 6.54 Å². The second-order valence-corrected chi connectivity index (χ2v) is 10.1. The minimum atomic E-state index is -0.375. The van der Waals surface area contributed by atoms with Crippen LogP contribution in [0.5, 0.6) is 0 Å². The van der Waals surface area contributed by atoms with Crippen molar-refractivity contribution >= 4 is 55.7 Å². The summed E-state index contributed by atoms with van der Waals surface area (Å²) in [6.45, 7) is 6.09. The highest BCUT2D eigenvalue weighted by Crippen LogP contribution is 2.29. The molecule has 3 aromatic heterocycles. The molecule has 35 heavy (non-hydrogen) atoms. The zero-order valence-corrected chi connectivity index (χ0v) is 21.2. The van der Waals surface area contributed by atoms with Crippen molar-refractivity contribution in [3.8, 4) is 10.6 Å². The van der Waals surface area contributed by atoms with Crippen molar-refractivity contribution < 1.29 is 14.3 Å². The maximum Gasteiger partial charge on any atom is 0.326 e. The van der Waals surface area contributed by atoms with Gasteiger partial charge < -0.3 is 9.30 Å². The third-order valence-electron chi connectivity index (χ3n) is 5.62. The molecule has 0 N–H and O–H groups in total. The number of esters is 1. The molecule has 0 radical (unpaired) electrons. The highest BCUT2D eigenvalue weighted by atomic mass is 32.1. The zero-order valence-electron chi connectivity index (χ0n) is 19.6. The second-order valence-electron chi connectivity index (χ2n) is 8.17. The van der Waals surface area contributed by atoms with E-state index >= 15 is 0 Å². The van der Waals surface area contributed by atoms with Gasteiger partial charge in [-0.25, -0.2) is 4.98 Å². The Morgan fingerprint density at radius 1 is 1.09 bits per heavy atom. The van der Waals surface area contributed by atoms with E-state index in [1.165, 1.54) is 11.3 Å². The quantitative estimate of drug-likeness (QED) is 0.281. The van der Waals surface area contributed by atoms with E-state index in [1.807, 2.05) is 61.7 Å². The molecule has 1 amide bonds. The largest absolute Gasteiger partial charge is 0.465 e. The number of carbonyl (C=O) groups excluding carboxylic acids is 2.